The zero-order valence-electron chi connectivity index (χ0n) is 20.1. The van der Waals surface area contributed by atoms with E-state index < -0.39 is 0 Å². The first-order chi connectivity index (χ1) is 16.6. The van der Waals surface area contributed by atoms with E-state index in [2.05, 4.69) is 51.5 Å². The minimum Gasteiger partial charge on any atom is -0.497 e. The number of benzene rings is 2. The Balaban J connectivity index is 1.21. The Kier molecular flexibility index (Phi) is 8.31. The number of piperidine rings is 1. The van der Waals surface area contributed by atoms with Crippen molar-refractivity contribution in [3.05, 3.63) is 66.1 Å². The van der Waals surface area contributed by atoms with Crippen molar-refractivity contribution in [3.63, 3.8) is 0 Å². The highest BCUT2D eigenvalue weighted by molar-refractivity contribution is 5.78. The number of ether oxygens (including phenoxy) is 1. The molecule has 180 valence electrons. The van der Waals surface area contributed by atoms with Crippen LogP contribution in [0.15, 0.2) is 59.1 Å². The van der Waals surface area contributed by atoms with Crippen LogP contribution in [-0.2, 0) is 17.8 Å². The van der Waals surface area contributed by atoms with E-state index in [1.54, 1.807) is 7.11 Å². The summed E-state index contributed by atoms with van der Waals surface area (Å²) < 4.78 is 10.7. The Morgan fingerprint density at radius 1 is 1.15 bits per heavy atom. The smallest absolute Gasteiger partial charge is 0.241 e. The second kappa shape index (κ2) is 11.8. The van der Waals surface area contributed by atoms with Gasteiger partial charge in [-0.2, -0.15) is 4.98 Å². The van der Waals surface area contributed by atoms with Gasteiger partial charge >= 0.3 is 0 Å². The van der Waals surface area contributed by atoms with Gasteiger partial charge in [0.2, 0.25) is 17.6 Å². The highest BCUT2D eigenvalue weighted by atomic mass is 16.5. The minimum atomic E-state index is 0.0722. The SMILES string of the molecule is CCC(CNC(=O)C1CCN(Cc2nc(-c3ccc(OC)cc3)no2)CC1)Cc1ccccc1. The molecule has 2 heterocycles. The van der Waals surface area contributed by atoms with Crippen LogP contribution in [0, 0.1) is 11.8 Å². The molecule has 1 aliphatic rings. The molecule has 1 unspecified atom stereocenters. The molecule has 0 aliphatic carbocycles. The Labute approximate surface area is 201 Å². The summed E-state index contributed by atoms with van der Waals surface area (Å²) in [6.45, 7) is 5.22. The highest BCUT2D eigenvalue weighted by Gasteiger charge is 2.26. The maximum Gasteiger partial charge on any atom is 0.241 e. The standard InChI is InChI=1S/C27H34N4O3/c1-3-20(17-21-7-5-4-6-8-21)18-28-27(32)23-13-15-31(16-14-23)19-25-29-26(30-34-25)22-9-11-24(33-2)12-10-22/h4-12,20,23H,3,13-19H2,1-2H3,(H,28,32). The summed E-state index contributed by atoms with van der Waals surface area (Å²) in [7, 11) is 1.64. The zero-order chi connectivity index (χ0) is 23.8. The van der Waals surface area contributed by atoms with Crippen molar-refractivity contribution >= 4 is 5.91 Å². The van der Waals surface area contributed by atoms with Crippen molar-refractivity contribution in [1.82, 2.24) is 20.4 Å². The first kappa shape index (κ1) is 24.0. The van der Waals surface area contributed by atoms with Crippen LogP contribution in [0.3, 0.4) is 0 Å². The third kappa shape index (κ3) is 6.44. The molecular weight excluding hydrogens is 428 g/mol. The predicted octanol–water partition coefficient (Wildman–Crippen LogP) is 4.34. The molecule has 34 heavy (non-hydrogen) atoms. The number of amides is 1. The molecule has 1 fully saturated rings. The van der Waals surface area contributed by atoms with Gasteiger partial charge in [-0.3, -0.25) is 9.69 Å². The molecule has 4 rings (SSSR count). The van der Waals surface area contributed by atoms with Crippen LogP contribution < -0.4 is 10.1 Å². The third-order valence-electron chi connectivity index (χ3n) is 6.64. The molecule has 1 atom stereocenters. The Morgan fingerprint density at radius 3 is 2.56 bits per heavy atom. The van der Waals surface area contributed by atoms with Crippen molar-refractivity contribution in [1.29, 1.82) is 0 Å². The molecule has 2 aromatic carbocycles. The van der Waals surface area contributed by atoms with Gasteiger partial charge in [-0.1, -0.05) is 48.8 Å². The summed E-state index contributed by atoms with van der Waals surface area (Å²) in [6.07, 6.45) is 3.75. The van der Waals surface area contributed by atoms with Gasteiger partial charge in [0.05, 0.1) is 13.7 Å². The van der Waals surface area contributed by atoms with Gasteiger partial charge in [0.25, 0.3) is 0 Å². The monoisotopic (exact) mass is 462 g/mol. The first-order valence-electron chi connectivity index (χ1n) is 12.2. The van der Waals surface area contributed by atoms with Gasteiger partial charge in [-0.15, -0.1) is 0 Å². The van der Waals surface area contributed by atoms with E-state index in [1.165, 1.54) is 5.56 Å². The number of carbonyl (C=O) groups is 1. The van der Waals surface area contributed by atoms with Crippen molar-refractivity contribution < 1.29 is 14.1 Å². The van der Waals surface area contributed by atoms with Crippen LogP contribution >= 0.6 is 0 Å². The number of aromatic nitrogens is 2. The topological polar surface area (TPSA) is 80.5 Å². The number of likely N-dealkylation sites (tertiary alicyclic amines) is 1. The lowest BCUT2D eigenvalue weighted by Crippen LogP contribution is -2.41. The predicted molar refractivity (Wildman–Crippen MR) is 131 cm³/mol. The number of carbonyl (C=O) groups excluding carboxylic acids is 1. The van der Waals surface area contributed by atoms with E-state index in [4.69, 9.17) is 9.26 Å². The fourth-order valence-electron chi connectivity index (χ4n) is 4.42. The summed E-state index contributed by atoms with van der Waals surface area (Å²) in [6, 6.07) is 18.1. The quantitative estimate of drug-likeness (QED) is 0.483. The van der Waals surface area contributed by atoms with E-state index in [9.17, 15) is 4.79 Å². The number of nitrogens with one attached hydrogen (secondary N) is 1. The maximum absolute atomic E-state index is 12.8. The molecule has 0 saturated carbocycles. The number of hydrogen-bond acceptors (Lipinski definition) is 6. The molecule has 3 aromatic rings. The van der Waals surface area contributed by atoms with Gasteiger partial charge in [0.15, 0.2) is 0 Å². The summed E-state index contributed by atoms with van der Waals surface area (Å²) in [5, 5.41) is 7.32. The second-order valence-corrected chi connectivity index (χ2v) is 9.00. The number of rotatable bonds is 10. The van der Waals surface area contributed by atoms with E-state index in [0.717, 1.165) is 56.6 Å². The van der Waals surface area contributed by atoms with Crippen LogP contribution in [0.1, 0.15) is 37.6 Å². The zero-order valence-corrected chi connectivity index (χ0v) is 20.1. The van der Waals surface area contributed by atoms with E-state index in [-0.39, 0.29) is 11.8 Å². The van der Waals surface area contributed by atoms with Crippen LogP contribution in [-0.4, -0.2) is 47.7 Å². The van der Waals surface area contributed by atoms with Gasteiger partial charge in [0.1, 0.15) is 5.75 Å². The van der Waals surface area contributed by atoms with Gasteiger partial charge in [-0.25, -0.2) is 0 Å². The number of methoxy groups -OCH3 is 1. The normalized spacial score (nSPS) is 15.7. The summed E-state index contributed by atoms with van der Waals surface area (Å²) in [5.74, 6) is 2.69. The maximum atomic E-state index is 12.8. The lowest BCUT2D eigenvalue weighted by molar-refractivity contribution is -0.126. The largest absolute Gasteiger partial charge is 0.497 e. The van der Waals surface area contributed by atoms with Crippen LogP contribution in [0.2, 0.25) is 0 Å². The molecule has 1 N–H and O–H groups in total. The van der Waals surface area contributed by atoms with Crippen LogP contribution in [0.25, 0.3) is 11.4 Å². The fourth-order valence-corrected chi connectivity index (χ4v) is 4.42. The Morgan fingerprint density at radius 2 is 1.88 bits per heavy atom. The first-order valence-corrected chi connectivity index (χ1v) is 12.2. The summed E-state index contributed by atoms with van der Waals surface area (Å²) in [4.78, 5) is 19.6. The Bertz CT molecular complexity index is 1030. The van der Waals surface area contributed by atoms with Crippen LogP contribution in [0.5, 0.6) is 5.75 Å². The molecule has 1 saturated heterocycles. The number of nitrogens with zero attached hydrogens (tertiary/aromatic N) is 3. The lowest BCUT2D eigenvalue weighted by atomic mass is 9.94. The van der Waals surface area contributed by atoms with E-state index in [0.29, 0.717) is 24.2 Å². The minimum absolute atomic E-state index is 0.0722. The third-order valence-corrected chi connectivity index (χ3v) is 6.64. The van der Waals surface area contributed by atoms with Crippen molar-refractivity contribution in [3.8, 4) is 17.1 Å². The Hall–Kier alpha value is -3.19. The molecule has 1 aliphatic heterocycles. The lowest BCUT2D eigenvalue weighted by Gasteiger charge is -2.30. The van der Waals surface area contributed by atoms with Crippen molar-refractivity contribution in [2.75, 3.05) is 26.7 Å². The highest BCUT2D eigenvalue weighted by Crippen LogP contribution is 2.22. The average Bonchev–Trinajstić information content (AvgIpc) is 3.36. The fraction of sp³-hybridized carbons (Fsp3) is 0.444. The van der Waals surface area contributed by atoms with Crippen molar-refractivity contribution in [2.24, 2.45) is 11.8 Å². The van der Waals surface area contributed by atoms with Gasteiger partial charge < -0.3 is 14.6 Å². The molecule has 7 heteroatoms. The molecule has 0 spiro atoms. The molecule has 7 nitrogen and oxygen atoms in total. The number of hydrogen-bond donors (Lipinski definition) is 1. The van der Waals surface area contributed by atoms with E-state index in [1.807, 2.05) is 30.3 Å². The molecule has 0 radical (unpaired) electrons. The van der Waals surface area contributed by atoms with Crippen molar-refractivity contribution in [2.45, 2.75) is 39.2 Å². The average molecular weight is 463 g/mol. The molecule has 1 amide bonds. The van der Waals surface area contributed by atoms with Gasteiger partial charge in [-0.05, 0) is 68.1 Å². The summed E-state index contributed by atoms with van der Waals surface area (Å²) in [5.41, 5.74) is 2.22. The molecule has 0 bridgehead atoms. The molecular formula is C27H34N4O3. The summed E-state index contributed by atoms with van der Waals surface area (Å²) >= 11 is 0. The second-order valence-electron chi connectivity index (χ2n) is 9.00. The molecule has 1 aromatic heterocycles. The van der Waals surface area contributed by atoms with Gasteiger partial charge in [0, 0.05) is 18.0 Å². The van der Waals surface area contributed by atoms with E-state index >= 15 is 0 Å². The van der Waals surface area contributed by atoms with Crippen LogP contribution in [0.4, 0.5) is 0 Å².